The van der Waals surface area contributed by atoms with Crippen LogP contribution in [0.25, 0.3) is 0 Å². The van der Waals surface area contributed by atoms with E-state index in [4.69, 9.17) is 0 Å². The number of anilines is 1. The molecule has 2 aliphatic heterocycles. The van der Waals surface area contributed by atoms with Crippen molar-refractivity contribution in [3.05, 3.63) is 29.8 Å². The van der Waals surface area contributed by atoms with Crippen LogP contribution in [0.1, 0.15) is 18.4 Å². The number of nitrogens with zero attached hydrogens (tertiary/aromatic N) is 1. The Balaban J connectivity index is 1.91. The molecule has 0 saturated carbocycles. The van der Waals surface area contributed by atoms with Crippen molar-refractivity contribution in [2.75, 3.05) is 18.0 Å². The molecule has 1 aromatic carbocycles. The molecule has 1 unspecified atom stereocenters. The van der Waals surface area contributed by atoms with Gasteiger partial charge in [0.05, 0.1) is 0 Å². The standard InChI is InChI=1S/C15H18N2O3/c18-14(10-5-7-16-8-6-10)17-12-4-2-1-3-11(12)9-13(17)15(19)20/h1-4,10,13,16H,5-9H2,(H,19,20). The number of carboxylic acids is 1. The number of nitrogens with one attached hydrogen (secondary N) is 1. The molecule has 106 valence electrons. The number of hydrogen-bond donors (Lipinski definition) is 2. The maximum Gasteiger partial charge on any atom is 0.327 e. The molecule has 2 heterocycles. The van der Waals surface area contributed by atoms with E-state index in [-0.39, 0.29) is 11.8 Å². The van der Waals surface area contributed by atoms with Crippen LogP contribution in [0.2, 0.25) is 0 Å². The van der Waals surface area contributed by atoms with Crippen molar-refractivity contribution in [3.63, 3.8) is 0 Å². The van der Waals surface area contributed by atoms with E-state index in [1.54, 1.807) is 0 Å². The molecule has 5 heteroatoms. The zero-order chi connectivity index (χ0) is 14.1. The third-order valence-corrected chi connectivity index (χ3v) is 4.19. The van der Waals surface area contributed by atoms with Crippen molar-refractivity contribution in [2.45, 2.75) is 25.3 Å². The summed E-state index contributed by atoms with van der Waals surface area (Å²) in [6.45, 7) is 1.65. The predicted molar refractivity (Wildman–Crippen MR) is 74.6 cm³/mol. The highest BCUT2D eigenvalue weighted by Gasteiger charge is 2.40. The topological polar surface area (TPSA) is 69.6 Å². The van der Waals surface area contributed by atoms with Gasteiger partial charge in [0.15, 0.2) is 0 Å². The molecular weight excluding hydrogens is 256 g/mol. The molecule has 0 spiro atoms. The number of amides is 1. The summed E-state index contributed by atoms with van der Waals surface area (Å²) >= 11 is 0. The van der Waals surface area contributed by atoms with Crippen molar-refractivity contribution < 1.29 is 14.7 Å². The lowest BCUT2D eigenvalue weighted by Gasteiger charge is -2.29. The monoisotopic (exact) mass is 274 g/mol. The molecule has 0 aliphatic carbocycles. The first-order valence-electron chi connectivity index (χ1n) is 7.03. The molecule has 1 atom stereocenters. The van der Waals surface area contributed by atoms with Crippen molar-refractivity contribution in [2.24, 2.45) is 5.92 Å². The lowest BCUT2D eigenvalue weighted by atomic mass is 9.96. The summed E-state index contributed by atoms with van der Waals surface area (Å²) in [6, 6.07) is 6.73. The number of carbonyl (C=O) groups excluding carboxylic acids is 1. The van der Waals surface area contributed by atoms with Gasteiger partial charge in [-0.05, 0) is 37.6 Å². The largest absolute Gasteiger partial charge is 0.480 e. The minimum absolute atomic E-state index is 0.0381. The predicted octanol–water partition coefficient (Wildman–Crippen LogP) is 1.03. The van der Waals surface area contributed by atoms with Crippen LogP contribution in [0.5, 0.6) is 0 Å². The van der Waals surface area contributed by atoms with Gasteiger partial charge in [0.25, 0.3) is 0 Å². The van der Waals surface area contributed by atoms with Gasteiger partial charge in [-0.25, -0.2) is 4.79 Å². The quantitative estimate of drug-likeness (QED) is 0.845. The second-order valence-electron chi connectivity index (χ2n) is 5.42. The lowest BCUT2D eigenvalue weighted by molar-refractivity contribution is -0.140. The summed E-state index contributed by atoms with van der Waals surface area (Å²) in [7, 11) is 0. The molecule has 2 N–H and O–H groups in total. The molecule has 3 rings (SSSR count). The molecular formula is C15H18N2O3. The lowest BCUT2D eigenvalue weighted by Crippen LogP contribution is -2.47. The Bertz CT molecular complexity index is 538. The zero-order valence-corrected chi connectivity index (χ0v) is 11.2. The molecule has 0 bridgehead atoms. The van der Waals surface area contributed by atoms with E-state index in [1.807, 2.05) is 24.3 Å². The maximum atomic E-state index is 12.7. The summed E-state index contributed by atoms with van der Waals surface area (Å²) in [5.41, 5.74) is 1.71. The van der Waals surface area contributed by atoms with E-state index in [2.05, 4.69) is 5.32 Å². The van der Waals surface area contributed by atoms with Crippen molar-refractivity contribution in [3.8, 4) is 0 Å². The molecule has 0 radical (unpaired) electrons. The van der Waals surface area contributed by atoms with Crippen LogP contribution < -0.4 is 10.2 Å². The first kappa shape index (κ1) is 13.1. The van der Waals surface area contributed by atoms with Crippen LogP contribution in [0, 0.1) is 5.92 Å². The van der Waals surface area contributed by atoms with Crippen LogP contribution in [-0.2, 0) is 16.0 Å². The minimum atomic E-state index is -0.927. The SMILES string of the molecule is O=C(O)C1Cc2ccccc2N1C(=O)C1CCNCC1. The number of hydrogen-bond acceptors (Lipinski definition) is 3. The van der Waals surface area contributed by atoms with Gasteiger partial charge in [-0.2, -0.15) is 0 Å². The van der Waals surface area contributed by atoms with E-state index in [9.17, 15) is 14.7 Å². The van der Waals surface area contributed by atoms with E-state index < -0.39 is 12.0 Å². The molecule has 1 fully saturated rings. The molecule has 0 aromatic heterocycles. The fourth-order valence-electron chi connectivity index (χ4n) is 3.12. The Morgan fingerprint density at radius 3 is 2.60 bits per heavy atom. The summed E-state index contributed by atoms with van der Waals surface area (Å²) in [5, 5.41) is 12.6. The highest BCUT2D eigenvalue weighted by Crippen LogP contribution is 2.34. The van der Waals surface area contributed by atoms with Crippen LogP contribution in [-0.4, -0.2) is 36.1 Å². The number of benzene rings is 1. The van der Waals surface area contributed by atoms with E-state index in [1.165, 1.54) is 4.90 Å². The van der Waals surface area contributed by atoms with Crippen LogP contribution in [0.3, 0.4) is 0 Å². The molecule has 5 nitrogen and oxygen atoms in total. The Kier molecular flexibility index (Phi) is 3.44. The fourth-order valence-corrected chi connectivity index (χ4v) is 3.12. The average Bonchev–Trinajstić information content (AvgIpc) is 2.87. The minimum Gasteiger partial charge on any atom is -0.480 e. The number of rotatable bonds is 2. The highest BCUT2D eigenvalue weighted by molar-refractivity contribution is 6.03. The van der Waals surface area contributed by atoms with Crippen LogP contribution >= 0.6 is 0 Å². The second kappa shape index (κ2) is 5.25. The third-order valence-electron chi connectivity index (χ3n) is 4.19. The van der Waals surface area contributed by atoms with Gasteiger partial charge >= 0.3 is 5.97 Å². The summed E-state index contributed by atoms with van der Waals surface area (Å²) in [6.07, 6.45) is 1.97. The van der Waals surface area contributed by atoms with E-state index >= 15 is 0 Å². The first-order valence-corrected chi connectivity index (χ1v) is 7.03. The number of carboxylic acid groups (broad SMARTS) is 1. The summed E-state index contributed by atoms with van der Waals surface area (Å²) in [4.78, 5) is 25.7. The van der Waals surface area contributed by atoms with Gasteiger partial charge in [0.1, 0.15) is 6.04 Å². The second-order valence-corrected chi connectivity index (χ2v) is 5.42. The molecule has 1 saturated heterocycles. The number of piperidine rings is 1. The van der Waals surface area contributed by atoms with Crippen molar-refractivity contribution in [1.29, 1.82) is 0 Å². The zero-order valence-electron chi connectivity index (χ0n) is 11.2. The number of para-hydroxylation sites is 1. The highest BCUT2D eigenvalue weighted by atomic mass is 16.4. The Morgan fingerprint density at radius 2 is 1.90 bits per heavy atom. The molecule has 2 aliphatic rings. The van der Waals surface area contributed by atoms with Crippen molar-refractivity contribution >= 4 is 17.6 Å². The number of carbonyl (C=O) groups is 2. The van der Waals surface area contributed by atoms with Gasteiger partial charge < -0.3 is 10.4 Å². The first-order chi connectivity index (χ1) is 9.68. The van der Waals surface area contributed by atoms with Gasteiger partial charge in [-0.15, -0.1) is 0 Å². The Labute approximate surface area is 117 Å². The molecule has 1 aromatic rings. The Morgan fingerprint density at radius 1 is 1.20 bits per heavy atom. The average molecular weight is 274 g/mol. The maximum absolute atomic E-state index is 12.7. The van der Waals surface area contributed by atoms with Gasteiger partial charge in [-0.3, -0.25) is 9.69 Å². The van der Waals surface area contributed by atoms with Crippen LogP contribution in [0.4, 0.5) is 5.69 Å². The van der Waals surface area contributed by atoms with Crippen molar-refractivity contribution in [1.82, 2.24) is 5.32 Å². The fraction of sp³-hybridized carbons (Fsp3) is 0.467. The van der Waals surface area contributed by atoms with Gasteiger partial charge in [0, 0.05) is 18.0 Å². The normalized spacial score (nSPS) is 22.6. The summed E-state index contributed by atoms with van der Waals surface area (Å²) in [5.74, 6) is -1.03. The number of aliphatic carboxylic acids is 1. The number of fused-ring (bicyclic) bond motifs is 1. The smallest absolute Gasteiger partial charge is 0.327 e. The van der Waals surface area contributed by atoms with E-state index in [0.29, 0.717) is 6.42 Å². The molecule has 1 amide bonds. The van der Waals surface area contributed by atoms with Crippen LogP contribution in [0.15, 0.2) is 24.3 Å². The third kappa shape index (κ3) is 2.18. The molecule has 20 heavy (non-hydrogen) atoms. The van der Waals surface area contributed by atoms with Gasteiger partial charge in [0.2, 0.25) is 5.91 Å². The van der Waals surface area contributed by atoms with Gasteiger partial charge in [-0.1, -0.05) is 18.2 Å². The Hall–Kier alpha value is -1.88. The summed E-state index contributed by atoms with van der Waals surface area (Å²) < 4.78 is 0. The van der Waals surface area contributed by atoms with E-state index in [0.717, 1.165) is 37.2 Å².